The Morgan fingerprint density at radius 2 is 2.00 bits per heavy atom. The molecule has 1 N–H and O–H groups in total. The molecule has 2 amide bonds. The first kappa shape index (κ1) is 16.7. The van der Waals surface area contributed by atoms with Crippen LogP contribution >= 0.6 is 11.8 Å². The van der Waals surface area contributed by atoms with Gasteiger partial charge < -0.3 is 15.0 Å². The third kappa shape index (κ3) is 4.66. The van der Waals surface area contributed by atoms with Crippen molar-refractivity contribution in [3.63, 3.8) is 0 Å². The normalized spacial score (nSPS) is 16.0. The Labute approximate surface area is 135 Å². The number of carbonyl (C=O) groups is 2. The number of rotatable bonds is 6. The zero-order chi connectivity index (χ0) is 16.1. The first-order chi connectivity index (χ1) is 10.5. The highest BCUT2D eigenvalue weighted by molar-refractivity contribution is 8.13. The van der Waals surface area contributed by atoms with E-state index in [-0.39, 0.29) is 29.8 Å². The average Bonchev–Trinajstić information content (AvgIpc) is 2.84. The van der Waals surface area contributed by atoms with Crippen molar-refractivity contribution in [3.05, 3.63) is 29.8 Å². The van der Waals surface area contributed by atoms with Crippen LogP contribution in [0.2, 0.25) is 0 Å². The number of ether oxygens (including phenoxy) is 1. The number of hydrogen-bond donors (Lipinski definition) is 1. The van der Waals surface area contributed by atoms with E-state index < -0.39 is 0 Å². The van der Waals surface area contributed by atoms with Gasteiger partial charge in [0, 0.05) is 12.3 Å². The number of nitrogens with zero attached hydrogens (tertiary/aromatic N) is 1. The van der Waals surface area contributed by atoms with Crippen molar-refractivity contribution >= 4 is 22.9 Å². The summed E-state index contributed by atoms with van der Waals surface area (Å²) < 4.78 is 5.60. The molecule has 6 heteroatoms. The Morgan fingerprint density at radius 1 is 1.32 bits per heavy atom. The van der Waals surface area contributed by atoms with Crippen LogP contribution in [-0.2, 0) is 4.79 Å². The van der Waals surface area contributed by atoms with Crippen molar-refractivity contribution in [2.45, 2.75) is 32.9 Å². The minimum Gasteiger partial charge on any atom is -0.491 e. The molecule has 1 saturated heterocycles. The van der Waals surface area contributed by atoms with E-state index in [1.165, 1.54) is 11.8 Å². The van der Waals surface area contributed by atoms with Gasteiger partial charge in [0.15, 0.2) is 0 Å². The fraction of sp³-hybridized carbons (Fsp3) is 0.500. The summed E-state index contributed by atoms with van der Waals surface area (Å²) in [5.41, 5.74) is 1.01. The molecule has 0 aliphatic carbocycles. The first-order valence-electron chi connectivity index (χ1n) is 7.43. The van der Waals surface area contributed by atoms with Crippen molar-refractivity contribution in [2.75, 3.05) is 18.8 Å². The van der Waals surface area contributed by atoms with Crippen LogP contribution in [-0.4, -0.2) is 41.0 Å². The van der Waals surface area contributed by atoms with E-state index in [0.29, 0.717) is 6.54 Å². The highest BCUT2D eigenvalue weighted by Crippen LogP contribution is 2.19. The summed E-state index contributed by atoms with van der Waals surface area (Å²) in [5, 5.41) is 2.91. The average molecular weight is 322 g/mol. The number of carbonyl (C=O) groups excluding carboxylic acids is 2. The minimum atomic E-state index is -0.133. The third-order valence-electron chi connectivity index (χ3n) is 3.31. The van der Waals surface area contributed by atoms with Crippen molar-refractivity contribution in [1.29, 1.82) is 0 Å². The van der Waals surface area contributed by atoms with Gasteiger partial charge in [-0.3, -0.25) is 9.59 Å². The van der Waals surface area contributed by atoms with E-state index in [4.69, 9.17) is 4.74 Å². The molecule has 1 fully saturated rings. The fourth-order valence-electron chi connectivity index (χ4n) is 2.22. The minimum absolute atomic E-state index is 0.0157. The zero-order valence-corrected chi connectivity index (χ0v) is 14.0. The summed E-state index contributed by atoms with van der Waals surface area (Å²) in [5.74, 6) is 1.45. The summed E-state index contributed by atoms with van der Waals surface area (Å²) in [7, 11) is 0. The lowest BCUT2D eigenvalue weighted by Gasteiger charge is -2.18. The van der Waals surface area contributed by atoms with Crippen LogP contribution in [0.1, 0.15) is 32.4 Å². The molecule has 1 aliphatic heterocycles. The van der Waals surface area contributed by atoms with Crippen molar-refractivity contribution < 1.29 is 14.3 Å². The molecular formula is C16H22N2O3S. The number of amides is 2. The molecule has 0 aromatic heterocycles. The summed E-state index contributed by atoms with van der Waals surface area (Å²) in [4.78, 5) is 25.1. The van der Waals surface area contributed by atoms with Crippen LogP contribution < -0.4 is 10.1 Å². The largest absolute Gasteiger partial charge is 0.491 e. The molecule has 1 aromatic rings. The van der Waals surface area contributed by atoms with Crippen LogP contribution in [0.3, 0.4) is 0 Å². The Bertz CT molecular complexity index is 531. The molecule has 1 heterocycles. The number of benzene rings is 1. The lowest BCUT2D eigenvalue weighted by atomic mass is 10.1. The molecule has 0 unspecified atom stereocenters. The number of thioether (sulfide) groups is 1. The van der Waals surface area contributed by atoms with Crippen molar-refractivity contribution in [1.82, 2.24) is 10.2 Å². The molecule has 1 aliphatic rings. The lowest BCUT2D eigenvalue weighted by Crippen LogP contribution is -2.38. The first-order valence-corrected chi connectivity index (χ1v) is 8.42. The van der Waals surface area contributed by atoms with Crippen molar-refractivity contribution in [3.8, 4) is 5.75 Å². The molecule has 0 bridgehead atoms. The van der Waals surface area contributed by atoms with E-state index in [0.717, 1.165) is 17.1 Å². The molecule has 0 saturated carbocycles. The third-order valence-corrected chi connectivity index (χ3v) is 4.20. The van der Waals surface area contributed by atoms with Gasteiger partial charge in [0.05, 0.1) is 12.1 Å². The van der Waals surface area contributed by atoms with E-state index >= 15 is 0 Å². The van der Waals surface area contributed by atoms with Crippen LogP contribution in [0.25, 0.3) is 0 Å². The van der Waals surface area contributed by atoms with Crippen LogP contribution in [0.4, 0.5) is 4.79 Å². The smallest absolute Gasteiger partial charge is 0.282 e. The molecule has 0 spiro atoms. The van der Waals surface area contributed by atoms with E-state index in [9.17, 15) is 9.59 Å². The maximum absolute atomic E-state index is 12.0. The lowest BCUT2D eigenvalue weighted by molar-refractivity contribution is -0.122. The summed E-state index contributed by atoms with van der Waals surface area (Å²) >= 11 is 1.26. The molecule has 0 radical (unpaired) electrons. The predicted octanol–water partition coefficient (Wildman–Crippen LogP) is 2.82. The predicted molar refractivity (Wildman–Crippen MR) is 88.2 cm³/mol. The number of hydrogen-bond acceptors (Lipinski definition) is 4. The van der Waals surface area contributed by atoms with Gasteiger partial charge in [0.2, 0.25) is 5.91 Å². The van der Waals surface area contributed by atoms with Gasteiger partial charge in [-0.05, 0) is 38.5 Å². The second kappa shape index (κ2) is 7.54. The van der Waals surface area contributed by atoms with Gasteiger partial charge >= 0.3 is 0 Å². The highest BCUT2D eigenvalue weighted by atomic mass is 32.2. The molecule has 2 rings (SSSR count). The molecule has 120 valence electrons. The van der Waals surface area contributed by atoms with Gasteiger partial charge in [-0.1, -0.05) is 23.9 Å². The summed E-state index contributed by atoms with van der Waals surface area (Å²) in [6.45, 7) is 6.66. The van der Waals surface area contributed by atoms with Crippen LogP contribution in [0.15, 0.2) is 24.3 Å². The zero-order valence-electron chi connectivity index (χ0n) is 13.2. The highest BCUT2D eigenvalue weighted by Gasteiger charge is 2.23. The molecule has 1 aromatic carbocycles. The quantitative estimate of drug-likeness (QED) is 0.875. The summed E-state index contributed by atoms with van der Waals surface area (Å²) in [6, 6.07) is 7.59. The maximum atomic E-state index is 12.0. The topological polar surface area (TPSA) is 58.6 Å². The molecule has 1 atom stereocenters. The van der Waals surface area contributed by atoms with Gasteiger partial charge in [-0.25, -0.2) is 0 Å². The van der Waals surface area contributed by atoms with Crippen molar-refractivity contribution in [2.24, 2.45) is 0 Å². The van der Waals surface area contributed by atoms with E-state index in [1.54, 1.807) is 4.90 Å². The van der Waals surface area contributed by atoms with Gasteiger partial charge in [0.25, 0.3) is 5.24 Å². The molecule has 22 heavy (non-hydrogen) atoms. The monoisotopic (exact) mass is 322 g/mol. The standard InChI is InChI=1S/C16H22N2O3S/c1-11(2)21-14-6-4-13(5-7-14)12(3)17-15(19)10-18-8-9-22-16(18)20/h4-7,11-12H,8-10H2,1-3H3,(H,17,19)/t12-/m1/s1. The van der Waals surface area contributed by atoms with Gasteiger partial charge in [-0.15, -0.1) is 0 Å². The van der Waals surface area contributed by atoms with E-state index in [1.807, 2.05) is 45.0 Å². The Kier molecular flexibility index (Phi) is 5.71. The fourth-order valence-corrected chi connectivity index (χ4v) is 3.05. The SMILES string of the molecule is CC(C)Oc1ccc([C@@H](C)NC(=O)CN2CCSC2=O)cc1. The maximum Gasteiger partial charge on any atom is 0.282 e. The second-order valence-electron chi connectivity index (χ2n) is 5.56. The second-order valence-corrected chi connectivity index (χ2v) is 6.61. The summed E-state index contributed by atoms with van der Waals surface area (Å²) in [6.07, 6.45) is 0.138. The Balaban J connectivity index is 1.86. The van der Waals surface area contributed by atoms with Crippen LogP contribution in [0, 0.1) is 0 Å². The van der Waals surface area contributed by atoms with E-state index in [2.05, 4.69) is 5.32 Å². The molecular weight excluding hydrogens is 300 g/mol. The number of nitrogens with one attached hydrogen (secondary N) is 1. The Morgan fingerprint density at radius 3 is 2.55 bits per heavy atom. The van der Waals surface area contributed by atoms with Gasteiger partial charge in [-0.2, -0.15) is 0 Å². The Hall–Kier alpha value is -1.69. The van der Waals surface area contributed by atoms with Gasteiger partial charge in [0.1, 0.15) is 12.3 Å². The van der Waals surface area contributed by atoms with Crippen LogP contribution in [0.5, 0.6) is 5.75 Å². The molecule has 5 nitrogen and oxygen atoms in total.